The molecule has 174 valence electrons. The van der Waals surface area contributed by atoms with Crippen molar-refractivity contribution < 1.29 is 75.4 Å². The minimum absolute atomic E-state index is 0.534. The molecule has 0 aliphatic carbocycles. The lowest BCUT2D eigenvalue weighted by atomic mass is 9.89. The van der Waals surface area contributed by atoms with E-state index in [1.165, 1.54) is 0 Å². The lowest BCUT2D eigenvalue weighted by molar-refractivity contribution is -0.452. The molecule has 0 N–H and O–H groups in total. The van der Waals surface area contributed by atoms with Gasteiger partial charge in [0.05, 0.1) is 13.0 Å². The zero-order valence-electron chi connectivity index (χ0n) is 13.6. The van der Waals surface area contributed by atoms with Crippen LogP contribution in [0.2, 0.25) is 0 Å². The Morgan fingerprint density at radius 1 is 0.621 bits per heavy atom. The van der Waals surface area contributed by atoms with E-state index in [2.05, 4.69) is 4.74 Å². The van der Waals surface area contributed by atoms with Gasteiger partial charge in [0.1, 0.15) is 0 Å². The van der Waals surface area contributed by atoms with Crippen molar-refractivity contribution in [2.45, 2.75) is 61.5 Å². The Labute approximate surface area is 151 Å². The number of hydrogen-bond acceptors (Lipinski definition) is 2. The molecule has 0 fully saturated rings. The second-order valence-electron chi connectivity index (χ2n) is 5.38. The molecule has 0 atom stereocenters. The zero-order chi connectivity index (χ0) is 23.9. The van der Waals surface area contributed by atoms with E-state index in [9.17, 15) is 70.7 Å². The van der Waals surface area contributed by atoms with Crippen molar-refractivity contribution in [3.8, 4) is 0 Å². The Balaban J connectivity index is 6.19. The third-order valence-electron chi connectivity index (χ3n) is 3.34. The molecular formula is C12H9F15O2. The van der Waals surface area contributed by atoms with Gasteiger partial charge in [-0.25, -0.2) is 0 Å². The maximum absolute atomic E-state index is 13.3. The summed E-state index contributed by atoms with van der Waals surface area (Å²) in [7, 11) is 0. The summed E-state index contributed by atoms with van der Waals surface area (Å²) in [6.45, 7) is 0.538. The lowest BCUT2D eigenvalue weighted by Gasteiger charge is -2.41. The Morgan fingerprint density at radius 2 is 0.966 bits per heavy atom. The topological polar surface area (TPSA) is 26.3 Å². The van der Waals surface area contributed by atoms with Gasteiger partial charge in [0.15, 0.2) is 0 Å². The van der Waals surface area contributed by atoms with Crippen molar-refractivity contribution in [2.75, 3.05) is 6.61 Å². The fraction of sp³-hybridized carbons (Fsp3) is 0.917. The molecule has 29 heavy (non-hydrogen) atoms. The monoisotopic (exact) mass is 470 g/mol. The van der Waals surface area contributed by atoms with Crippen molar-refractivity contribution >= 4 is 5.97 Å². The van der Waals surface area contributed by atoms with Gasteiger partial charge in [-0.2, -0.15) is 65.9 Å². The highest BCUT2D eigenvalue weighted by Crippen LogP contribution is 2.62. The van der Waals surface area contributed by atoms with Crippen molar-refractivity contribution in [1.29, 1.82) is 0 Å². The van der Waals surface area contributed by atoms with E-state index in [0.717, 1.165) is 6.92 Å². The maximum atomic E-state index is 13.3. The Kier molecular flexibility index (Phi) is 7.18. The number of carbonyl (C=O) groups excluding carboxylic acids is 1. The van der Waals surface area contributed by atoms with Crippen molar-refractivity contribution in [2.24, 2.45) is 0 Å². The largest absolute Gasteiger partial charge is 0.466 e. The third-order valence-corrected chi connectivity index (χ3v) is 3.34. The van der Waals surface area contributed by atoms with Gasteiger partial charge in [0.2, 0.25) is 0 Å². The highest BCUT2D eigenvalue weighted by atomic mass is 19.4. The molecule has 0 aromatic rings. The smallest absolute Gasteiger partial charge is 0.460 e. The van der Waals surface area contributed by atoms with Crippen LogP contribution in [-0.2, 0) is 9.53 Å². The summed E-state index contributed by atoms with van der Waals surface area (Å²) in [5, 5.41) is 0. The number of carbonyl (C=O) groups is 1. The number of esters is 1. The molecule has 0 aliphatic heterocycles. The Hall–Kier alpha value is -1.58. The number of ether oxygens (including phenoxy) is 1. The Morgan fingerprint density at radius 3 is 1.31 bits per heavy atom. The van der Waals surface area contributed by atoms with Crippen molar-refractivity contribution in [3.63, 3.8) is 0 Å². The standard InChI is InChI=1S/C12H9F15O2/c1-2-29-5(28)3-4-6(13,14)7(15,16)8(17,18)9(19,20)10(21,22)11(23,24)12(25,26)27/h2-4H2,1H3. The van der Waals surface area contributed by atoms with E-state index >= 15 is 0 Å². The van der Waals surface area contributed by atoms with Crippen LogP contribution in [0.4, 0.5) is 65.9 Å². The number of halogens is 15. The summed E-state index contributed by atoms with van der Waals surface area (Å²) in [6, 6.07) is 0. The van der Waals surface area contributed by atoms with Crippen LogP contribution in [0.15, 0.2) is 0 Å². The molecule has 0 saturated carbocycles. The molecule has 0 aromatic heterocycles. The minimum Gasteiger partial charge on any atom is -0.466 e. The predicted molar refractivity (Wildman–Crippen MR) is 61.6 cm³/mol. The molecule has 2 nitrogen and oxygen atoms in total. The Bertz CT molecular complexity index is 593. The molecule has 0 heterocycles. The summed E-state index contributed by atoms with van der Waals surface area (Å²) < 4.78 is 197. The van der Waals surface area contributed by atoms with Crippen molar-refractivity contribution in [1.82, 2.24) is 0 Å². The van der Waals surface area contributed by atoms with Crippen LogP contribution in [0.25, 0.3) is 0 Å². The maximum Gasteiger partial charge on any atom is 0.460 e. The highest BCUT2D eigenvalue weighted by Gasteiger charge is 2.93. The number of hydrogen-bond donors (Lipinski definition) is 0. The molecule has 0 aliphatic rings. The van der Waals surface area contributed by atoms with E-state index in [0.29, 0.717) is 0 Å². The second kappa shape index (κ2) is 7.59. The van der Waals surface area contributed by atoms with Crippen LogP contribution < -0.4 is 0 Å². The number of alkyl halides is 15. The SMILES string of the molecule is CCOC(=O)CCC(F)(F)C(F)(F)C(F)(F)C(F)(F)C(F)(F)C(F)(F)C(F)(F)F. The van der Waals surface area contributed by atoms with Gasteiger partial charge in [-0.15, -0.1) is 0 Å². The van der Waals surface area contributed by atoms with Gasteiger partial charge in [-0.05, 0) is 6.92 Å². The predicted octanol–water partition coefficient (Wildman–Crippen LogP) is 5.70. The second-order valence-corrected chi connectivity index (χ2v) is 5.38. The molecule has 0 aromatic carbocycles. The molecule has 0 bridgehead atoms. The van der Waals surface area contributed by atoms with Crippen LogP contribution in [-0.4, -0.2) is 54.3 Å². The van der Waals surface area contributed by atoms with E-state index < -0.39 is 67.1 Å². The van der Waals surface area contributed by atoms with Gasteiger partial charge in [0, 0.05) is 6.42 Å². The van der Waals surface area contributed by atoms with Crippen LogP contribution in [0.3, 0.4) is 0 Å². The molecule has 0 spiro atoms. The van der Waals surface area contributed by atoms with E-state index in [-0.39, 0.29) is 0 Å². The van der Waals surface area contributed by atoms with Gasteiger partial charge in [-0.3, -0.25) is 4.79 Å². The molecule has 0 radical (unpaired) electrons. The fourth-order valence-electron chi connectivity index (χ4n) is 1.65. The van der Waals surface area contributed by atoms with Gasteiger partial charge in [0.25, 0.3) is 0 Å². The summed E-state index contributed by atoms with van der Waals surface area (Å²) in [5.41, 5.74) is 0. The first-order valence-corrected chi connectivity index (χ1v) is 6.95. The average Bonchev–Trinajstić information content (AvgIpc) is 2.51. The van der Waals surface area contributed by atoms with Gasteiger partial charge in [-0.1, -0.05) is 0 Å². The van der Waals surface area contributed by atoms with E-state index in [1.807, 2.05) is 0 Å². The quantitative estimate of drug-likeness (QED) is 0.319. The summed E-state index contributed by atoms with van der Waals surface area (Å²) in [4.78, 5) is 10.8. The van der Waals surface area contributed by atoms with Gasteiger partial charge < -0.3 is 4.74 Å². The van der Waals surface area contributed by atoms with Crippen molar-refractivity contribution in [3.05, 3.63) is 0 Å². The van der Waals surface area contributed by atoms with E-state index in [4.69, 9.17) is 0 Å². The third kappa shape index (κ3) is 4.18. The van der Waals surface area contributed by atoms with Crippen LogP contribution in [0.1, 0.15) is 19.8 Å². The van der Waals surface area contributed by atoms with Gasteiger partial charge >= 0.3 is 47.7 Å². The first-order chi connectivity index (χ1) is 12.5. The fourth-order valence-corrected chi connectivity index (χ4v) is 1.65. The van der Waals surface area contributed by atoms with Crippen LogP contribution in [0, 0.1) is 0 Å². The summed E-state index contributed by atoms with van der Waals surface area (Å²) in [6.07, 6.45) is -12.2. The molecular weight excluding hydrogens is 461 g/mol. The first-order valence-electron chi connectivity index (χ1n) is 6.95. The molecule has 0 unspecified atom stereocenters. The lowest BCUT2D eigenvalue weighted by Crippen LogP contribution is -2.72. The first kappa shape index (κ1) is 27.4. The minimum atomic E-state index is -8.32. The van der Waals surface area contributed by atoms with Crippen LogP contribution in [0.5, 0.6) is 0 Å². The summed E-state index contributed by atoms with van der Waals surface area (Å²) in [5.74, 6) is -48.5. The van der Waals surface area contributed by atoms with Crippen LogP contribution >= 0.6 is 0 Å². The molecule has 17 heteroatoms. The summed E-state index contributed by atoms with van der Waals surface area (Å²) >= 11 is 0. The average molecular weight is 470 g/mol. The molecule has 0 rings (SSSR count). The van der Waals surface area contributed by atoms with E-state index in [1.54, 1.807) is 0 Å². The molecule has 0 saturated heterocycles. The molecule has 0 amide bonds. The normalized spacial score (nSPS) is 15.4. The zero-order valence-corrected chi connectivity index (χ0v) is 13.6. The number of rotatable bonds is 9. The highest BCUT2D eigenvalue weighted by molar-refractivity contribution is 5.69.